The molecule has 0 bridgehead atoms. The fourth-order valence-corrected chi connectivity index (χ4v) is 6.70. The average molecular weight is 619 g/mol. The Morgan fingerprint density at radius 1 is 1.00 bits per heavy atom. The van der Waals surface area contributed by atoms with E-state index in [4.69, 9.17) is 4.98 Å². The number of amides is 3. The van der Waals surface area contributed by atoms with Crippen LogP contribution in [0.4, 0.5) is 33.6 Å². The van der Waals surface area contributed by atoms with Crippen molar-refractivity contribution in [3.05, 3.63) is 84.8 Å². The number of likely N-dealkylation sites (N-methyl/N-ethyl adjacent to an activating group) is 1. The molecule has 4 aromatic rings. The highest BCUT2D eigenvalue weighted by molar-refractivity contribution is 6.02. The summed E-state index contributed by atoms with van der Waals surface area (Å²) in [6.07, 6.45) is 7.66. The van der Waals surface area contributed by atoms with Crippen molar-refractivity contribution in [2.45, 2.75) is 19.0 Å². The smallest absolute Gasteiger partial charge is 0.326 e. The van der Waals surface area contributed by atoms with Gasteiger partial charge in [0.1, 0.15) is 5.82 Å². The van der Waals surface area contributed by atoms with Gasteiger partial charge in [-0.15, -0.1) is 0 Å². The summed E-state index contributed by atoms with van der Waals surface area (Å²) in [4.78, 5) is 45.7. The van der Waals surface area contributed by atoms with Gasteiger partial charge in [0.15, 0.2) is 0 Å². The summed E-state index contributed by atoms with van der Waals surface area (Å²) in [5, 5.41) is 7.80. The Morgan fingerprint density at radius 3 is 2.57 bits per heavy atom. The van der Waals surface area contributed by atoms with Crippen LogP contribution in [0.15, 0.2) is 73.7 Å². The molecule has 2 aromatic heterocycles. The van der Waals surface area contributed by atoms with Crippen LogP contribution >= 0.6 is 0 Å². The van der Waals surface area contributed by atoms with Crippen LogP contribution < -0.4 is 20.0 Å². The zero-order valence-corrected chi connectivity index (χ0v) is 26.4. The van der Waals surface area contributed by atoms with E-state index in [2.05, 4.69) is 51.0 Å². The van der Waals surface area contributed by atoms with Crippen molar-refractivity contribution in [3.63, 3.8) is 0 Å². The summed E-state index contributed by atoms with van der Waals surface area (Å²) in [6.45, 7) is 8.47. The number of urea groups is 1. The Morgan fingerprint density at radius 2 is 1.80 bits per heavy atom. The lowest BCUT2D eigenvalue weighted by atomic mass is 9.94. The highest BCUT2D eigenvalue weighted by Crippen LogP contribution is 2.41. The molecule has 1 unspecified atom stereocenters. The number of benzene rings is 2. The van der Waals surface area contributed by atoms with E-state index in [0.717, 1.165) is 59.8 Å². The fraction of sp³-hybridized carbons (Fsp3) is 0.324. The van der Waals surface area contributed by atoms with Crippen molar-refractivity contribution in [1.82, 2.24) is 29.5 Å². The molecule has 12 heteroatoms. The molecule has 0 radical (unpaired) electrons. The zero-order chi connectivity index (χ0) is 31.9. The van der Waals surface area contributed by atoms with Gasteiger partial charge in [-0.3, -0.25) is 14.4 Å². The number of hydrogen-bond acceptors (Lipinski definition) is 8. The van der Waals surface area contributed by atoms with Gasteiger partial charge in [0.2, 0.25) is 11.9 Å². The maximum Gasteiger partial charge on any atom is 0.326 e. The minimum atomic E-state index is -0.185. The number of hydrogen-bond donors (Lipinski definition) is 1. The van der Waals surface area contributed by atoms with Crippen LogP contribution in [0.25, 0.3) is 11.1 Å². The van der Waals surface area contributed by atoms with Crippen LogP contribution in [-0.4, -0.2) is 88.3 Å². The molecule has 2 aromatic carbocycles. The summed E-state index contributed by atoms with van der Waals surface area (Å²) in [7, 11) is 5.83. The number of aromatic nitrogens is 4. The minimum Gasteiger partial charge on any atom is -0.368 e. The van der Waals surface area contributed by atoms with Crippen molar-refractivity contribution in [1.29, 1.82) is 0 Å². The SMILES string of the molecule is C=CC(=O)N1CCC(N2Cc3cnc(Nc4ccc(N5CCN(C)CC5)c(-c5cnn(C)c5)c4)nc3N(C)C2=O)c2ccccc21. The van der Waals surface area contributed by atoms with E-state index < -0.39 is 0 Å². The molecule has 236 valence electrons. The molecule has 1 fully saturated rings. The van der Waals surface area contributed by atoms with Gasteiger partial charge in [-0.1, -0.05) is 24.8 Å². The van der Waals surface area contributed by atoms with Gasteiger partial charge >= 0.3 is 6.03 Å². The second kappa shape index (κ2) is 11.9. The molecule has 0 saturated carbocycles. The lowest BCUT2D eigenvalue weighted by Crippen LogP contribution is -2.49. The number of nitrogens with zero attached hydrogens (tertiary/aromatic N) is 9. The normalized spacial score (nSPS) is 18.3. The molecule has 3 aliphatic rings. The molecular weight excluding hydrogens is 580 g/mol. The predicted molar refractivity (Wildman–Crippen MR) is 179 cm³/mol. The molecule has 1 saturated heterocycles. The molecule has 1 N–H and O–H groups in total. The zero-order valence-electron chi connectivity index (χ0n) is 26.4. The Bertz CT molecular complexity index is 1810. The largest absolute Gasteiger partial charge is 0.368 e. The number of carbonyl (C=O) groups is 2. The number of aryl methyl sites for hydroxylation is 1. The van der Waals surface area contributed by atoms with E-state index in [-0.39, 0.29) is 18.0 Å². The lowest BCUT2D eigenvalue weighted by Gasteiger charge is -2.43. The summed E-state index contributed by atoms with van der Waals surface area (Å²) < 4.78 is 1.81. The van der Waals surface area contributed by atoms with Gasteiger partial charge in [-0.05, 0) is 49.4 Å². The molecule has 3 amide bonds. The Labute approximate surface area is 268 Å². The van der Waals surface area contributed by atoms with Crippen LogP contribution in [0.1, 0.15) is 23.6 Å². The molecule has 46 heavy (non-hydrogen) atoms. The molecular formula is C34H38N10O2. The van der Waals surface area contributed by atoms with E-state index in [0.29, 0.717) is 31.3 Å². The molecule has 12 nitrogen and oxygen atoms in total. The maximum atomic E-state index is 13.8. The first-order valence-corrected chi connectivity index (χ1v) is 15.6. The number of para-hydroxylation sites is 1. The molecule has 3 aliphatic heterocycles. The van der Waals surface area contributed by atoms with Crippen molar-refractivity contribution < 1.29 is 9.59 Å². The van der Waals surface area contributed by atoms with Gasteiger partial charge in [-0.2, -0.15) is 10.1 Å². The second-order valence-corrected chi connectivity index (χ2v) is 12.1. The fourth-order valence-electron chi connectivity index (χ4n) is 6.70. The van der Waals surface area contributed by atoms with Crippen LogP contribution in [0.5, 0.6) is 0 Å². The monoisotopic (exact) mass is 618 g/mol. The van der Waals surface area contributed by atoms with E-state index in [1.807, 2.05) is 59.4 Å². The van der Waals surface area contributed by atoms with Crippen LogP contribution in [0.3, 0.4) is 0 Å². The van der Waals surface area contributed by atoms with Crippen molar-refractivity contribution in [2.75, 3.05) is 66.8 Å². The average Bonchev–Trinajstić information content (AvgIpc) is 3.52. The van der Waals surface area contributed by atoms with Gasteiger partial charge in [0, 0.05) is 93.0 Å². The van der Waals surface area contributed by atoms with E-state index in [9.17, 15) is 9.59 Å². The molecule has 1 atom stereocenters. The van der Waals surface area contributed by atoms with Gasteiger partial charge in [-0.25, -0.2) is 9.78 Å². The van der Waals surface area contributed by atoms with Crippen molar-refractivity contribution in [3.8, 4) is 11.1 Å². The lowest BCUT2D eigenvalue weighted by molar-refractivity contribution is -0.114. The van der Waals surface area contributed by atoms with Gasteiger partial charge < -0.3 is 24.9 Å². The Kier molecular flexibility index (Phi) is 7.65. The van der Waals surface area contributed by atoms with Crippen LogP contribution in [0.2, 0.25) is 0 Å². The number of carbonyl (C=O) groups excluding carboxylic acids is 2. The quantitative estimate of drug-likeness (QED) is 0.317. The molecule has 7 rings (SSSR count). The summed E-state index contributed by atoms with van der Waals surface area (Å²) >= 11 is 0. The number of fused-ring (bicyclic) bond motifs is 2. The summed E-state index contributed by atoms with van der Waals surface area (Å²) in [6, 6.07) is 13.7. The van der Waals surface area contributed by atoms with Crippen molar-refractivity contribution in [2.24, 2.45) is 7.05 Å². The summed E-state index contributed by atoms with van der Waals surface area (Å²) in [5.41, 5.74) is 6.76. The number of anilines is 5. The van der Waals surface area contributed by atoms with Crippen LogP contribution in [-0.2, 0) is 18.4 Å². The molecule has 5 heterocycles. The van der Waals surface area contributed by atoms with Gasteiger partial charge in [0.25, 0.3) is 0 Å². The first kappa shape index (κ1) is 29.5. The Hall–Kier alpha value is -5.23. The first-order chi connectivity index (χ1) is 22.3. The van der Waals surface area contributed by atoms with E-state index >= 15 is 0 Å². The second-order valence-electron chi connectivity index (χ2n) is 12.1. The van der Waals surface area contributed by atoms with Crippen molar-refractivity contribution >= 4 is 40.8 Å². The highest BCUT2D eigenvalue weighted by atomic mass is 16.2. The standard InChI is InChI=1S/C34H38N10O2/c1-5-31(45)43-13-12-30(26-8-6-7-9-29(26)43)44-22-24-19-35-33(38-32(24)41(4)34(44)46)37-25-10-11-28(42-16-14-39(2)15-17-42)27(18-25)23-20-36-40(3)21-23/h5-11,18-21,30H,1,12-17,22H2,2-4H3,(H,35,37,38). The number of nitrogens with one attached hydrogen (secondary N) is 1. The first-order valence-electron chi connectivity index (χ1n) is 15.6. The van der Waals surface area contributed by atoms with Gasteiger partial charge in [0.05, 0.1) is 18.8 Å². The maximum absolute atomic E-state index is 13.8. The highest BCUT2D eigenvalue weighted by Gasteiger charge is 2.38. The summed E-state index contributed by atoms with van der Waals surface area (Å²) in [5.74, 6) is 0.846. The third-order valence-corrected chi connectivity index (χ3v) is 9.17. The Balaban J connectivity index is 1.15. The predicted octanol–water partition coefficient (Wildman–Crippen LogP) is 4.41. The third kappa shape index (κ3) is 5.34. The topological polar surface area (TPSA) is 106 Å². The molecule has 0 aliphatic carbocycles. The molecule has 0 spiro atoms. The number of piperazine rings is 1. The third-order valence-electron chi connectivity index (χ3n) is 9.17. The van der Waals surface area contributed by atoms with Crippen LogP contribution in [0, 0.1) is 0 Å². The van der Waals surface area contributed by atoms with E-state index in [1.54, 1.807) is 23.0 Å². The van der Waals surface area contributed by atoms with E-state index in [1.165, 1.54) is 11.8 Å². The number of rotatable bonds is 6. The minimum absolute atomic E-state index is 0.143.